The van der Waals surface area contributed by atoms with Crippen LogP contribution >= 0.6 is 0 Å². The molecule has 1 amide bonds. The SMILES string of the molecule is Cc1cc(F)cc2c1NC(=O)C2(O)C1CCCC1. The van der Waals surface area contributed by atoms with Crippen molar-refractivity contribution in [3.63, 3.8) is 0 Å². The highest BCUT2D eigenvalue weighted by Gasteiger charge is 2.52. The Kier molecular flexibility index (Phi) is 2.45. The van der Waals surface area contributed by atoms with Crippen LogP contribution in [0.2, 0.25) is 0 Å². The van der Waals surface area contributed by atoms with Gasteiger partial charge in [-0.15, -0.1) is 0 Å². The maximum Gasteiger partial charge on any atom is 0.261 e. The quantitative estimate of drug-likeness (QED) is 0.803. The molecule has 3 nitrogen and oxygen atoms in total. The molecule has 2 N–H and O–H groups in total. The van der Waals surface area contributed by atoms with Gasteiger partial charge >= 0.3 is 0 Å². The van der Waals surface area contributed by atoms with Crippen molar-refractivity contribution in [1.29, 1.82) is 0 Å². The summed E-state index contributed by atoms with van der Waals surface area (Å²) in [5, 5.41) is 13.5. The smallest absolute Gasteiger partial charge is 0.261 e. The van der Waals surface area contributed by atoms with Crippen molar-refractivity contribution in [3.05, 3.63) is 29.1 Å². The van der Waals surface area contributed by atoms with Crippen molar-refractivity contribution in [2.24, 2.45) is 5.92 Å². The Bertz CT molecular complexity index is 523. The summed E-state index contributed by atoms with van der Waals surface area (Å²) in [6, 6.07) is 2.66. The average Bonchev–Trinajstić information content (AvgIpc) is 2.91. The number of amides is 1. The maximum absolute atomic E-state index is 13.5. The standard InChI is InChI=1S/C14H16FNO2/c1-8-6-10(15)7-11-12(8)16-13(17)14(11,18)9-4-2-3-5-9/h6-7,9,18H,2-5H2,1H3,(H,16,17). The number of carbonyl (C=O) groups excluding carboxylic acids is 1. The van der Waals surface area contributed by atoms with Crippen molar-refractivity contribution in [1.82, 2.24) is 0 Å². The lowest BCUT2D eigenvalue weighted by Gasteiger charge is -2.27. The lowest BCUT2D eigenvalue weighted by molar-refractivity contribution is -0.139. The van der Waals surface area contributed by atoms with Crippen LogP contribution in [0, 0.1) is 18.7 Å². The molecule has 1 aromatic carbocycles. The average molecular weight is 249 g/mol. The molecule has 1 heterocycles. The van der Waals surface area contributed by atoms with Gasteiger partial charge in [-0.05, 0) is 37.5 Å². The Labute approximate surface area is 105 Å². The first kappa shape index (κ1) is 11.7. The first-order valence-electron chi connectivity index (χ1n) is 6.38. The summed E-state index contributed by atoms with van der Waals surface area (Å²) in [7, 11) is 0. The molecule has 1 aromatic rings. The van der Waals surface area contributed by atoms with Gasteiger partial charge < -0.3 is 10.4 Å². The first-order chi connectivity index (χ1) is 8.53. The van der Waals surface area contributed by atoms with E-state index in [4.69, 9.17) is 0 Å². The zero-order chi connectivity index (χ0) is 12.9. The van der Waals surface area contributed by atoms with E-state index >= 15 is 0 Å². The lowest BCUT2D eigenvalue weighted by Crippen LogP contribution is -2.40. The monoisotopic (exact) mass is 249 g/mol. The first-order valence-corrected chi connectivity index (χ1v) is 6.38. The highest BCUT2D eigenvalue weighted by molar-refractivity contribution is 6.05. The molecule has 3 rings (SSSR count). The molecule has 1 unspecified atom stereocenters. The molecular formula is C14H16FNO2. The number of fused-ring (bicyclic) bond motifs is 1. The fourth-order valence-electron chi connectivity index (χ4n) is 3.29. The summed E-state index contributed by atoms with van der Waals surface area (Å²) >= 11 is 0. The summed E-state index contributed by atoms with van der Waals surface area (Å²) in [4.78, 5) is 12.1. The molecule has 2 aliphatic rings. The Morgan fingerprint density at radius 2 is 2.06 bits per heavy atom. The number of hydrogen-bond acceptors (Lipinski definition) is 2. The van der Waals surface area contributed by atoms with Crippen LogP contribution < -0.4 is 5.32 Å². The van der Waals surface area contributed by atoms with E-state index in [1.54, 1.807) is 6.92 Å². The van der Waals surface area contributed by atoms with E-state index in [1.807, 2.05) is 0 Å². The van der Waals surface area contributed by atoms with Crippen molar-refractivity contribution >= 4 is 11.6 Å². The number of nitrogens with one attached hydrogen (secondary N) is 1. The molecule has 0 radical (unpaired) electrons. The Morgan fingerprint density at radius 1 is 1.39 bits per heavy atom. The number of aliphatic hydroxyl groups is 1. The number of benzene rings is 1. The number of rotatable bonds is 1. The molecule has 18 heavy (non-hydrogen) atoms. The fourth-order valence-corrected chi connectivity index (χ4v) is 3.29. The van der Waals surface area contributed by atoms with Crippen LogP contribution in [0.15, 0.2) is 12.1 Å². The molecule has 1 aliphatic carbocycles. The minimum atomic E-state index is -1.54. The number of halogens is 1. The van der Waals surface area contributed by atoms with Gasteiger partial charge in [0.05, 0.1) is 5.69 Å². The van der Waals surface area contributed by atoms with E-state index < -0.39 is 17.3 Å². The molecule has 96 valence electrons. The molecule has 1 saturated carbocycles. The van der Waals surface area contributed by atoms with Gasteiger partial charge in [-0.2, -0.15) is 0 Å². The highest BCUT2D eigenvalue weighted by Crippen LogP contribution is 2.48. The van der Waals surface area contributed by atoms with Crippen LogP contribution in [0.1, 0.15) is 36.8 Å². The maximum atomic E-state index is 13.5. The third-order valence-corrected chi connectivity index (χ3v) is 4.24. The van der Waals surface area contributed by atoms with Gasteiger partial charge in [0, 0.05) is 11.5 Å². The van der Waals surface area contributed by atoms with E-state index in [1.165, 1.54) is 12.1 Å². The lowest BCUT2D eigenvalue weighted by atomic mass is 9.80. The van der Waals surface area contributed by atoms with E-state index in [9.17, 15) is 14.3 Å². The normalized spacial score (nSPS) is 27.4. The number of hydrogen-bond donors (Lipinski definition) is 2. The van der Waals surface area contributed by atoms with Crippen LogP contribution in [0.5, 0.6) is 0 Å². The summed E-state index contributed by atoms with van der Waals surface area (Å²) < 4.78 is 13.5. The van der Waals surface area contributed by atoms with Gasteiger partial charge in [-0.25, -0.2) is 4.39 Å². The minimum absolute atomic E-state index is 0.0973. The third-order valence-electron chi connectivity index (χ3n) is 4.24. The van der Waals surface area contributed by atoms with E-state index in [-0.39, 0.29) is 5.92 Å². The van der Waals surface area contributed by atoms with Crippen LogP contribution in [0.4, 0.5) is 10.1 Å². The molecule has 4 heteroatoms. The van der Waals surface area contributed by atoms with Gasteiger partial charge in [-0.1, -0.05) is 12.8 Å². The van der Waals surface area contributed by atoms with Gasteiger partial charge in [0.15, 0.2) is 5.60 Å². The predicted molar refractivity (Wildman–Crippen MR) is 65.6 cm³/mol. The minimum Gasteiger partial charge on any atom is -0.375 e. The fraction of sp³-hybridized carbons (Fsp3) is 0.500. The zero-order valence-electron chi connectivity index (χ0n) is 10.3. The van der Waals surface area contributed by atoms with Crippen molar-refractivity contribution in [2.75, 3.05) is 5.32 Å². The van der Waals surface area contributed by atoms with Crippen molar-refractivity contribution in [2.45, 2.75) is 38.2 Å². The molecule has 1 aliphatic heterocycles. The second kappa shape index (κ2) is 3.79. The second-order valence-corrected chi connectivity index (χ2v) is 5.35. The Morgan fingerprint density at radius 3 is 2.72 bits per heavy atom. The number of aryl methyl sites for hydroxylation is 1. The largest absolute Gasteiger partial charge is 0.375 e. The van der Waals surface area contributed by atoms with Gasteiger partial charge in [0.25, 0.3) is 5.91 Å². The summed E-state index contributed by atoms with van der Waals surface area (Å²) in [5.74, 6) is -0.905. The van der Waals surface area contributed by atoms with Crippen molar-refractivity contribution in [3.8, 4) is 0 Å². The van der Waals surface area contributed by atoms with Gasteiger partial charge in [0.1, 0.15) is 5.82 Å². The van der Waals surface area contributed by atoms with Crippen LogP contribution in [-0.4, -0.2) is 11.0 Å². The summed E-state index contributed by atoms with van der Waals surface area (Å²) in [6.45, 7) is 1.74. The molecule has 0 bridgehead atoms. The van der Waals surface area contributed by atoms with E-state index in [0.717, 1.165) is 25.7 Å². The Hall–Kier alpha value is -1.42. The molecule has 0 saturated heterocycles. The summed E-state index contributed by atoms with van der Waals surface area (Å²) in [6.07, 6.45) is 3.67. The van der Waals surface area contributed by atoms with Crippen LogP contribution in [0.25, 0.3) is 0 Å². The van der Waals surface area contributed by atoms with E-state index in [2.05, 4.69) is 5.32 Å². The number of carbonyl (C=O) groups is 1. The highest BCUT2D eigenvalue weighted by atomic mass is 19.1. The Balaban J connectivity index is 2.16. The molecular weight excluding hydrogens is 233 g/mol. The van der Waals surface area contributed by atoms with Crippen LogP contribution in [0.3, 0.4) is 0 Å². The predicted octanol–water partition coefficient (Wildman–Crippen LogP) is 2.46. The van der Waals surface area contributed by atoms with Gasteiger partial charge in [-0.3, -0.25) is 4.79 Å². The van der Waals surface area contributed by atoms with Crippen molar-refractivity contribution < 1.29 is 14.3 Å². The molecule has 0 spiro atoms. The molecule has 0 aromatic heterocycles. The van der Waals surface area contributed by atoms with E-state index in [0.29, 0.717) is 16.8 Å². The third kappa shape index (κ3) is 1.42. The second-order valence-electron chi connectivity index (χ2n) is 5.35. The summed E-state index contributed by atoms with van der Waals surface area (Å²) in [5.41, 5.74) is 0.110. The molecule has 1 atom stereocenters. The topological polar surface area (TPSA) is 49.3 Å². The zero-order valence-corrected chi connectivity index (χ0v) is 10.3. The molecule has 1 fully saturated rings. The van der Waals surface area contributed by atoms with Gasteiger partial charge in [0.2, 0.25) is 0 Å². The number of anilines is 1. The van der Waals surface area contributed by atoms with Crippen LogP contribution in [-0.2, 0) is 10.4 Å².